The van der Waals surface area contributed by atoms with E-state index in [1.165, 1.54) is 12.8 Å². The molecule has 5 nitrogen and oxygen atoms in total. The van der Waals surface area contributed by atoms with Gasteiger partial charge in [0, 0.05) is 13.1 Å². The highest BCUT2D eigenvalue weighted by Crippen LogP contribution is 2.24. The molecule has 1 atom stereocenters. The molecule has 1 saturated heterocycles. The largest absolute Gasteiger partial charge is 0.445 e. The van der Waals surface area contributed by atoms with Gasteiger partial charge < -0.3 is 15.2 Å². The van der Waals surface area contributed by atoms with Crippen LogP contribution in [0.5, 0.6) is 0 Å². The van der Waals surface area contributed by atoms with Crippen LogP contribution in [0.25, 0.3) is 0 Å². The summed E-state index contributed by atoms with van der Waals surface area (Å²) in [6.07, 6.45) is 4.06. The molecule has 1 unspecified atom stereocenters. The summed E-state index contributed by atoms with van der Waals surface area (Å²) < 4.78 is 10.6. The predicted octanol–water partition coefficient (Wildman–Crippen LogP) is 0.683. The standard InChI is InChI=1S/C10H18N2O3/c11-10(13)15-9-2-1-5-12(6-9)7-14-8-3-4-8/h8-9H,1-7H2,(H2,11,13). The van der Waals surface area contributed by atoms with Crippen LogP contribution >= 0.6 is 0 Å². The first kappa shape index (κ1) is 10.7. The van der Waals surface area contributed by atoms with Gasteiger partial charge in [0.25, 0.3) is 0 Å². The van der Waals surface area contributed by atoms with Crippen LogP contribution in [0.3, 0.4) is 0 Å². The second-order valence-electron chi connectivity index (χ2n) is 4.27. The minimum absolute atomic E-state index is 0.0564. The number of nitrogens with two attached hydrogens (primary N) is 1. The monoisotopic (exact) mass is 214 g/mol. The van der Waals surface area contributed by atoms with Crippen molar-refractivity contribution in [3.63, 3.8) is 0 Å². The minimum Gasteiger partial charge on any atom is -0.445 e. The first-order valence-corrected chi connectivity index (χ1v) is 5.54. The van der Waals surface area contributed by atoms with E-state index in [0.717, 1.165) is 25.9 Å². The second kappa shape index (κ2) is 4.81. The van der Waals surface area contributed by atoms with E-state index < -0.39 is 6.09 Å². The molecule has 1 amide bonds. The van der Waals surface area contributed by atoms with Crippen LogP contribution < -0.4 is 5.73 Å². The Hall–Kier alpha value is -0.810. The maximum absolute atomic E-state index is 10.6. The molecule has 1 aliphatic carbocycles. The van der Waals surface area contributed by atoms with Gasteiger partial charge in [-0.15, -0.1) is 0 Å². The number of carbonyl (C=O) groups excluding carboxylic acids is 1. The summed E-state index contributed by atoms with van der Waals surface area (Å²) in [4.78, 5) is 12.8. The van der Waals surface area contributed by atoms with E-state index in [0.29, 0.717) is 12.8 Å². The number of carbonyl (C=O) groups is 1. The lowest BCUT2D eigenvalue weighted by Crippen LogP contribution is -2.42. The fourth-order valence-electron chi connectivity index (χ4n) is 1.84. The number of rotatable bonds is 4. The smallest absolute Gasteiger partial charge is 0.404 e. The first-order chi connectivity index (χ1) is 7.24. The molecule has 0 aromatic carbocycles. The summed E-state index contributed by atoms with van der Waals surface area (Å²) >= 11 is 0. The summed E-state index contributed by atoms with van der Waals surface area (Å²) in [7, 11) is 0. The summed E-state index contributed by atoms with van der Waals surface area (Å²) in [6.45, 7) is 2.42. The Labute approximate surface area is 89.5 Å². The Balaban J connectivity index is 1.68. The predicted molar refractivity (Wildman–Crippen MR) is 54.2 cm³/mol. The van der Waals surface area contributed by atoms with Crippen LogP contribution in [0.1, 0.15) is 25.7 Å². The maximum atomic E-state index is 10.6. The zero-order chi connectivity index (χ0) is 10.7. The van der Waals surface area contributed by atoms with Crippen molar-refractivity contribution in [1.82, 2.24) is 4.90 Å². The molecule has 5 heteroatoms. The quantitative estimate of drug-likeness (QED) is 0.747. The molecule has 15 heavy (non-hydrogen) atoms. The van der Waals surface area contributed by atoms with Crippen molar-refractivity contribution < 1.29 is 14.3 Å². The van der Waals surface area contributed by atoms with Gasteiger partial charge in [0.05, 0.1) is 12.8 Å². The Morgan fingerprint density at radius 3 is 2.80 bits per heavy atom. The van der Waals surface area contributed by atoms with Crippen LogP contribution in [-0.4, -0.2) is 43.0 Å². The van der Waals surface area contributed by atoms with Gasteiger partial charge in [-0.25, -0.2) is 4.79 Å². The third kappa shape index (κ3) is 3.68. The highest BCUT2D eigenvalue weighted by atomic mass is 16.6. The molecule has 0 aromatic rings. The maximum Gasteiger partial charge on any atom is 0.404 e. The zero-order valence-corrected chi connectivity index (χ0v) is 8.85. The van der Waals surface area contributed by atoms with Crippen molar-refractivity contribution in [2.45, 2.75) is 37.9 Å². The third-order valence-electron chi connectivity index (χ3n) is 2.76. The number of hydrogen-bond acceptors (Lipinski definition) is 4. The van der Waals surface area contributed by atoms with Crippen LogP contribution in [-0.2, 0) is 9.47 Å². The van der Waals surface area contributed by atoms with Gasteiger partial charge in [-0.05, 0) is 25.7 Å². The van der Waals surface area contributed by atoms with E-state index in [2.05, 4.69) is 4.90 Å². The minimum atomic E-state index is -0.676. The molecule has 2 fully saturated rings. The van der Waals surface area contributed by atoms with E-state index in [4.69, 9.17) is 15.2 Å². The molecule has 86 valence electrons. The van der Waals surface area contributed by atoms with E-state index in [-0.39, 0.29) is 6.10 Å². The lowest BCUT2D eigenvalue weighted by molar-refractivity contribution is -0.0266. The van der Waals surface area contributed by atoms with Crippen molar-refractivity contribution in [1.29, 1.82) is 0 Å². The molecule has 1 aliphatic heterocycles. The molecular formula is C10H18N2O3. The van der Waals surface area contributed by atoms with Gasteiger partial charge in [-0.2, -0.15) is 0 Å². The van der Waals surface area contributed by atoms with Crippen molar-refractivity contribution in [2.75, 3.05) is 19.8 Å². The Morgan fingerprint density at radius 1 is 1.33 bits per heavy atom. The normalized spacial score (nSPS) is 27.6. The van der Waals surface area contributed by atoms with Gasteiger partial charge in [0.2, 0.25) is 0 Å². The lowest BCUT2D eigenvalue weighted by Gasteiger charge is -2.31. The second-order valence-corrected chi connectivity index (χ2v) is 4.27. The molecule has 1 heterocycles. The number of primary amides is 1. The lowest BCUT2D eigenvalue weighted by atomic mass is 10.1. The molecule has 2 rings (SSSR count). The zero-order valence-electron chi connectivity index (χ0n) is 8.85. The van der Waals surface area contributed by atoms with Gasteiger partial charge in [0.15, 0.2) is 0 Å². The number of likely N-dealkylation sites (tertiary alicyclic amines) is 1. The Morgan fingerprint density at radius 2 is 2.13 bits per heavy atom. The Bertz CT molecular complexity index is 231. The first-order valence-electron chi connectivity index (χ1n) is 5.54. The average molecular weight is 214 g/mol. The number of hydrogen-bond donors (Lipinski definition) is 1. The highest BCUT2D eigenvalue weighted by Gasteiger charge is 2.26. The number of piperidine rings is 1. The SMILES string of the molecule is NC(=O)OC1CCCN(COC2CC2)C1. The highest BCUT2D eigenvalue weighted by molar-refractivity contribution is 5.64. The van der Waals surface area contributed by atoms with Gasteiger partial charge in [-0.3, -0.25) is 4.90 Å². The van der Waals surface area contributed by atoms with Crippen LogP contribution in [0.2, 0.25) is 0 Å². The van der Waals surface area contributed by atoms with E-state index in [1.54, 1.807) is 0 Å². The fraction of sp³-hybridized carbons (Fsp3) is 0.900. The van der Waals surface area contributed by atoms with E-state index in [9.17, 15) is 4.79 Å². The molecule has 1 saturated carbocycles. The molecule has 2 aliphatic rings. The number of ether oxygens (including phenoxy) is 2. The van der Waals surface area contributed by atoms with Crippen molar-refractivity contribution in [3.05, 3.63) is 0 Å². The number of amides is 1. The number of nitrogens with zero attached hydrogens (tertiary/aromatic N) is 1. The fourth-order valence-corrected chi connectivity index (χ4v) is 1.84. The summed E-state index contributed by atoms with van der Waals surface area (Å²) in [5.41, 5.74) is 4.99. The molecule has 0 radical (unpaired) electrons. The molecular weight excluding hydrogens is 196 g/mol. The molecule has 0 bridgehead atoms. The molecule has 2 N–H and O–H groups in total. The Kier molecular flexibility index (Phi) is 3.43. The molecule has 0 aromatic heterocycles. The van der Waals surface area contributed by atoms with E-state index >= 15 is 0 Å². The van der Waals surface area contributed by atoms with Gasteiger partial charge in [-0.1, -0.05) is 0 Å². The van der Waals surface area contributed by atoms with Crippen molar-refractivity contribution >= 4 is 6.09 Å². The van der Waals surface area contributed by atoms with Crippen molar-refractivity contribution in [3.8, 4) is 0 Å². The van der Waals surface area contributed by atoms with Gasteiger partial charge >= 0.3 is 6.09 Å². The van der Waals surface area contributed by atoms with Crippen LogP contribution in [0.15, 0.2) is 0 Å². The summed E-state index contributed by atoms with van der Waals surface area (Å²) in [6, 6.07) is 0. The topological polar surface area (TPSA) is 64.8 Å². The summed E-state index contributed by atoms with van der Waals surface area (Å²) in [5.74, 6) is 0. The third-order valence-corrected chi connectivity index (χ3v) is 2.76. The van der Waals surface area contributed by atoms with Gasteiger partial charge in [0.1, 0.15) is 6.10 Å². The van der Waals surface area contributed by atoms with Crippen molar-refractivity contribution in [2.24, 2.45) is 5.73 Å². The summed E-state index contributed by atoms with van der Waals surface area (Å²) in [5, 5.41) is 0. The molecule has 0 spiro atoms. The average Bonchev–Trinajstić information content (AvgIpc) is 2.97. The van der Waals surface area contributed by atoms with Crippen LogP contribution in [0, 0.1) is 0 Å². The van der Waals surface area contributed by atoms with Crippen LogP contribution in [0.4, 0.5) is 4.79 Å². The van der Waals surface area contributed by atoms with E-state index in [1.807, 2.05) is 0 Å².